The topological polar surface area (TPSA) is 205 Å². The first kappa shape index (κ1) is 41.9. The highest BCUT2D eigenvalue weighted by molar-refractivity contribution is 6.03. The van der Waals surface area contributed by atoms with Crippen LogP contribution in [0.1, 0.15) is 58.4 Å². The quantitative estimate of drug-likeness (QED) is 0.312. The maximum atomic E-state index is 14.7. The van der Waals surface area contributed by atoms with Crippen molar-refractivity contribution in [3.63, 3.8) is 0 Å². The molecule has 3 fully saturated rings. The lowest BCUT2D eigenvalue weighted by Gasteiger charge is -2.38. The summed E-state index contributed by atoms with van der Waals surface area (Å²) in [6.45, 7) is 5.12. The summed E-state index contributed by atoms with van der Waals surface area (Å²) in [6, 6.07) is -0.0294. The minimum absolute atomic E-state index is 0.00959. The molecule has 0 saturated carbocycles. The molecule has 0 radical (unpaired) electrons. The van der Waals surface area contributed by atoms with Crippen LogP contribution in [0.25, 0.3) is 0 Å². The van der Waals surface area contributed by atoms with E-state index < -0.39 is 95.9 Å². The number of cyclic esters (lactones) is 1. The van der Waals surface area contributed by atoms with E-state index in [1.54, 1.807) is 12.1 Å². The number of amides is 7. The van der Waals surface area contributed by atoms with Crippen molar-refractivity contribution in [2.75, 3.05) is 31.7 Å². The van der Waals surface area contributed by atoms with Crippen molar-refractivity contribution in [2.45, 2.75) is 95.6 Å². The van der Waals surface area contributed by atoms with Gasteiger partial charge in [-0.2, -0.15) is 0 Å². The fourth-order valence-electron chi connectivity index (χ4n) is 8.32. The van der Waals surface area contributed by atoms with Gasteiger partial charge in [0, 0.05) is 43.9 Å². The van der Waals surface area contributed by atoms with Crippen molar-refractivity contribution >= 4 is 47.2 Å². The van der Waals surface area contributed by atoms with Crippen LogP contribution in [0, 0.1) is 17.6 Å². The van der Waals surface area contributed by atoms with Crippen LogP contribution in [-0.4, -0.2) is 119 Å². The number of piperidine rings is 1. The largest absolute Gasteiger partial charge is 0.458 e. The number of fused-ring (bicyclic) bond motifs is 4. The van der Waals surface area contributed by atoms with Crippen LogP contribution in [0.5, 0.6) is 11.5 Å². The van der Waals surface area contributed by atoms with Gasteiger partial charge in [0.25, 0.3) is 11.8 Å². The van der Waals surface area contributed by atoms with E-state index in [-0.39, 0.29) is 62.1 Å². The van der Waals surface area contributed by atoms with E-state index in [0.29, 0.717) is 36.8 Å². The van der Waals surface area contributed by atoms with E-state index in [2.05, 4.69) is 21.3 Å². The van der Waals surface area contributed by atoms with Gasteiger partial charge in [0.05, 0.1) is 0 Å². The second-order valence-electron chi connectivity index (χ2n) is 15.8. The van der Waals surface area contributed by atoms with E-state index >= 15 is 0 Å². The Hall–Kier alpha value is -6.27. The summed E-state index contributed by atoms with van der Waals surface area (Å²) >= 11 is 0. The highest BCUT2D eigenvalue weighted by atomic mass is 19.1. The molecule has 7 atom stereocenters. The van der Waals surface area contributed by atoms with E-state index in [1.165, 1.54) is 40.7 Å². The molecule has 0 bridgehead atoms. The second-order valence-corrected chi connectivity index (χ2v) is 15.8. The average molecular weight is 836 g/mol. The Morgan fingerprint density at radius 3 is 2.42 bits per heavy atom. The standard InChI is InChI=1S/C41H47F2N7O10/c1-21-13-31-40(56)60-23(3)34(39(55)49-12-6-8-30(49)38(54)48-11-5-4-7-29(48)36(52)44-22(2)37(53)50(31)19-21)47-35(51)28(16-24-14-25(42)17-26(43)15-24)46-41(57)45-27-9-10-32-33(18-27)59-20-58-32/h8-10,14-15,17-18,21-23,28-29,31,34H,4-7,11-13,16,19-20H2,1-3H3,(H,44,52)(H,47,51)(H2,45,46,57)/t21-,22-,23?,28-,29-,31-,34-/m0/s1. The van der Waals surface area contributed by atoms with Gasteiger partial charge in [-0.05, 0) is 81.7 Å². The number of benzene rings is 2. The Kier molecular flexibility index (Phi) is 12.2. The van der Waals surface area contributed by atoms with Crippen LogP contribution in [0.4, 0.5) is 19.3 Å². The minimum Gasteiger partial charge on any atom is -0.458 e. The maximum Gasteiger partial charge on any atom is 0.329 e. The Morgan fingerprint density at radius 2 is 1.65 bits per heavy atom. The fraction of sp³-hybridized carbons (Fsp3) is 0.488. The van der Waals surface area contributed by atoms with Gasteiger partial charge in [-0.25, -0.2) is 18.4 Å². The number of carbonyl (C=O) groups excluding carboxylic acids is 7. The smallest absolute Gasteiger partial charge is 0.329 e. The van der Waals surface area contributed by atoms with E-state index in [4.69, 9.17) is 14.2 Å². The molecule has 19 heteroatoms. The number of rotatable bonds is 6. The molecule has 5 aliphatic heterocycles. The van der Waals surface area contributed by atoms with Gasteiger partial charge < -0.3 is 50.2 Å². The third-order valence-corrected chi connectivity index (χ3v) is 11.3. The first-order valence-electron chi connectivity index (χ1n) is 20.0. The second kappa shape index (κ2) is 17.5. The number of hydrogen-bond acceptors (Lipinski definition) is 10. The predicted octanol–water partition coefficient (Wildman–Crippen LogP) is 2.10. The Balaban J connectivity index is 1.21. The number of nitrogens with one attached hydrogen (secondary N) is 4. The van der Waals surface area contributed by atoms with Crippen molar-refractivity contribution in [1.29, 1.82) is 0 Å². The number of hydrogen-bond donors (Lipinski definition) is 4. The van der Waals surface area contributed by atoms with Crippen molar-refractivity contribution in [3.05, 3.63) is 65.4 Å². The molecule has 2 aromatic rings. The van der Waals surface area contributed by atoms with E-state index in [9.17, 15) is 42.3 Å². The van der Waals surface area contributed by atoms with Crippen LogP contribution >= 0.6 is 0 Å². The highest BCUT2D eigenvalue weighted by Gasteiger charge is 2.46. The monoisotopic (exact) mass is 835 g/mol. The van der Waals surface area contributed by atoms with E-state index in [1.807, 2.05) is 6.92 Å². The first-order valence-corrected chi connectivity index (χ1v) is 20.0. The lowest BCUT2D eigenvalue weighted by Crippen LogP contribution is -2.61. The molecule has 3 saturated heterocycles. The SMILES string of the molecule is CC1OC(=O)[C@@H]2C[C@H](C)CN2C(=O)[C@H](C)NC(=O)[C@@H]2CCCCN2C(=O)C2=CCCN2C(=O)[C@H]1NC(=O)[C@H](Cc1cc(F)cc(F)c1)NC(=O)Nc1ccc2c(c1)OCO2. The Bertz CT molecular complexity index is 2100. The van der Waals surface area contributed by atoms with Crippen molar-refractivity contribution < 1.29 is 56.6 Å². The van der Waals surface area contributed by atoms with Crippen LogP contribution in [0.15, 0.2) is 48.2 Å². The molecule has 17 nitrogen and oxygen atoms in total. The van der Waals surface area contributed by atoms with E-state index in [0.717, 1.165) is 12.1 Å². The minimum atomic E-state index is -1.68. The van der Waals surface area contributed by atoms with Gasteiger partial charge in [0.1, 0.15) is 53.6 Å². The molecule has 4 N–H and O–H groups in total. The summed E-state index contributed by atoms with van der Waals surface area (Å²) in [5, 5.41) is 10.4. The normalized spacial score (nSPS) is 26.3. The molecule has 0 aliphatic carbocycles. The summed E-state index contributed by atoms with van der Waals surface area (Å²) in [6.07, 6.45) is 1.71. The zero-order valence-corrected chi connectivity index (χ0v) is 33.3. The van der Waals surface area contributed by atoms with Gasteiger partial charge in [0.2, 0.25) is 24.5 Å². The van der Waals surface area contributed by atoms with Gasteiger partial charge in [-0.15, -0.1) is 0 Å². The third kappa shape index (κ3) is 8.98. The van der Waals surface area contributed by atoms with Gasteiger partial charge in [0.15, 0.2) is 11.5 Å². The van der Waals surface area contributed by atoms with Crippen LogP contribution in [0.3, 0.4) is 0 Å². The zero-order chi connectivity index (χ0) is 42.8. The Labute approximate surface area is 344 Å². The third-order valence-electron chi connectivity index (χ3n) is 11.3. The van der Waals surface area contributed by atoms with Crippen molar-refractivity contribution in [1.82, 2.24) is 30.7 Å². The lowest BCUT2D eigenvalue weighted by molar-refractivity contribution is -0.161. The van der Waals surface area contributed by atoms with Gasteiger partial charge in [-0.1, -0.05) is 13.0 Å². The number of anilines is 1. The average Bonchev–Trinajstić information content (AvgIpc) is 3.98. The summed E-state index contributed by atoms with van der Waals surface area (Å²) in [5.74, 6) is -5.57. The summed E-state index contributed by atoms with van der Waals surface area (Å²) in [7, 11) is 0. The predicted molar refractivity (Wildman–Crippen MR) is 207 cm³/mol. The molecule has 320 valence electrons. The molecule has 5 aliphatic rings. The summed E-state index contributed by atoms with van der Waals surface area (Å²) in [4.78, 5) is 102. The van der Waals surface area contributed by atoms with Crippen molar-refractivity contribution in [2.24, 2.45) is 5.92 Å². The molecule has 2 aromatic carbocycles. The van der Waals surface area contributed by atoms with Gasteiger partial charge in [-0.3, -0.25) is 24.0 Å². The highest BCUT2D eigenvalue weighted by Crippen LogP contribution is 2.34. The number of urea groups is 1. The van der Waals surface area contributed by atoms with Gasteiger partial charge >= 0.3 is 12.0 Å². The molecular weight excluding hydrogens is 788 g/mol. The van der Waals surface area contributed by atoms with Crippen molar-refractivity contribution in [3.8, 4) is 11.5 Å². The molecular formula is C41H47F2N7O10. The Morgan fingerprint density at radius 1 is 0.900 bits per heavy atom. The molecule has 1 unspecified atom stereocenters. The molecule has 7 rings (SSSR count). The maximum absolute atomic E-state index is 14.7. The molecule has 5 heterocycles. The van der Waals surface area contributed by atoms with Crippen LogP contribution < -0.4 is 30.7 Å². The fourth-order valence-corrected chi connectivity index (χ4v) is 8.32. The molecule has 7 amide bonds. The number of halogens is 2. The zero-order valence-electron chi connectivity index (χ0n) is 33.3. The number of ether oxygens (including phenoxy) is 3. The summed E-state index contributed by atoms with van der Waals surface area (Å²) < 4.78 is 45.3. The number of carbonyl (C=O) groups is 7. The van der Waals surface area contributed by atoms with Crippen LogP contribution in [-0.2, 0) is 39.9 Å². The van der Waals surface area contributed by atoms with Crippen LogP contribution in [0.2, 0.25) is 0 Å². The first-order chi connectivity index (χ1) is 28.7. The summed E-state index contributed by atoms with van der Waals surface area (Å²) in [5.41, 5.74) is 0.206. The lowest BCUT2D eigenvalue weighted by atomic mass is 10.00. The number of esters is 1. The number of nitrogens with zero attached hydrogens (tertiary/aromatic N) is 3. The molecule has 0 spiro atoms. The molecule has 0 aromatic heterocycles. The molecule has 60 heavy (non-hydrogen) atoms.